The monoisotopic (exact) mass is 451 g/mol. The van der Waals surface area contributed by atoms with E-state index in [0.717, 1.165) is 36.0 Å². The van der Waals surface area contributed by atoms with Crippen LogP contribution in [0.2, 0.25) is 0 Å². The molecule has 0 atom stereocenters. The van der Waals surface area contributed by atoms with Gasteiger partial charge in [0, 0.05) is 17.3 Å². The van der Waals surface area contributed by atoms with Crippen molar-refractivity contribution in [3.8, 4) is 22.6 Å². The number of nitrogens with zero attached hydrogens (tertiary/aromatic N) is 5. The molecule has 0 unspecified atom stereocenters. The molecule has 2 aromatic heterocycles. The third kappa shape index (κ3) is 4.38. The van der Waals surface area contributed by atoms with E-state index < -0.39 is 0 Å². The number of fused-ring (bicyclic) bond motifs is 1. The first-order chi connectivity index (χ1) is 16.5. The Balaban J connectivity index is 0.00000133. The highest BCUT2D eigenvalue weighted by Gasteiger charge is 2.25. The molecule has 5 nitrogen and oxygen atoms in total. The summed E-state index contributed by atoms with van der Waals surface area (Å²) in [6.45, 7) is 15.6. The number of hydrogen-bond donors (Lipinski definition) is 0. The minimum atomic E-state index is 0.265. The van der Waals surface area contributed by atoms with Gasteiger partial charge in [0.05, 0.1) is 6.54 Å². The molecule has 1 aliphatic heterocycles. The second-order valence-electron chi connectivity index (χ2n) is 8.49. The van der Waals surface area contributed by atoms with Gasteiger partial charge in [-0.25, -0.2) is 4.98 Å². The Bertz CT molecular complexity index is 1280. The summed E-state index contributed by atoms with van der Waals surface area (Å²) < 4.78 is 2.04. The van der Waals surface area contributed by atoms with Crippen molar-refractivity contribution in [2.45, 2.75) is 53.6 Å². The second-order valence-corrected chi connectivity index (χ2v) is 8.49. The molecule has 0 amide bonds. The van der Waals surface area contributed by atoms with E-state index in [1.54, 1.807) is 6.33 Å². The summed E-state index contributed by atoms with van der Waals surface area (Å²) in [4.78, 5) is 7.09. The largest absolute Gasteiger partial charge is 0.322 e. The van der Waals surface area contributed by atoms with E-state index in [4.69, 9.17) is 4.98 Å². The molecule has 34 heavy (non-hydrogen) atoms. The van der Waals surface area contributed by atoms with Gasteiger partial charge in [0.15, 0.2) is 5.82 Å². The van der Waals surface area contributed by atoms with Crippen LogP contribution in [0.1, 0.15) is 57.4 Å². The summed E-state index contributed by atoms with van der Waals surface area (Å²) >= 11 is 0. The fourth-order valence-electron chi connectivity index (χ4n) is 4.23. The molecule has 5 heteroatoms. The first-order valence-corrected chi connectivity index (χ1v) is 12.1. The molecule has 0 radical (unpaired) electrons. The molecule has 1 aliphatic rings. The van der Waals surface area contributed by atoms with Crippen molar-refractivity contribution in [1.82, 2.24) is 19.7 Å². The van der Waals surface area contributed by atoms with Gasteiger partial charge >= 0.3 is 0 Å². The van der Waals surface area contributed by atoms with Gasteiger partial charge in [-0.15, -0.1) is 10.2 Å². The smallest absolute Gasteiger partial charge is 0.182 e. The Labute approximate surface area is 202 Å². The van der Waals surface area contributed by atoms with E-state index in [1.807, 2.05) is 36.6 Å². The number of aromatic nitrogens is 4. The molecule has 0 aliphatic carbocycles. The average Bonchev–Trinajstić information content (AvgIpc) is 3.51. The SMILES string of the molecule is C=C1c2cc(-c3ccc(CC)cc3)ccc2CN1c1cccc(-c2nncn2C(C)C)n1.CC. The summed E-state index contributed by atoms with van der Waals surface area (Å²) in [6.07, 6.45) is 2.81. The molecule has 0 spiro atoms. The van der Waals surface area contributed by atoms with Crippen molar-refractivity contribution in [2.24, 2.45) is 0 Å². The lowest BCUT2D eigenvalue weighted by Gasteiger charge is -2.19. The fourth-order valence-corrected chi connectivity index (χ4v) is 4.23. The topological polar surface area (TPSA) is 46.8 Å². The molecule has 5 rings (SSSR count). The number of rotatable bonds is 5. The second kappa shape index (κ2) is 10.0. The van der Waals surface area contributed by atoms with E-state index in [0.29, 0.717) is 0 Å². The Kier molecular flexibility index (Phi) is 6.92. The molecule has 0 fully saturated rings. The highest BCUT2D eigenvalue weighted by Crippen LogP contribution is 2.37. The van der Waals surface area contributed by atoms with Gasteiger partial charge in [-0.05, 0) is 60.7 Å². The Hall–Kier alpha value is -3.73. The fraction of sp³-hybridized carbons (Fsp3) is 0.276. The van der Waals surface area contributed by atoms with Crippen LogP contribution in [0.3, 0.4) is 0 Å². The van der Waals surface area contributed by atoms with Gasteiger partial charge < -0.3 is 9.47 Å². The summed E-state index contributed by atoms with van der Waals surface area (Å²) in [6, 6.07) is 21.8. The zero-order valence-corrected chi connectivity index (χ0v) is 20.8. The highest BCUT2D eigenvalue weighted by molar-refractivity contribution is 5.85. The van der Waals surface area contributed by atoms with Crippen molar-refractivity contribution in [1.29, 1.82) is 0 Å². The molecular weight excluding hydrogens is 418 g/mol. The van der Waals surface area contributed by atoms with Crippen molar-refractivity contribution in [3.63, 3.8) is 0 Å². The lowest BCUT2D eigenvalue weighted by atomic mass is 9.98. The van der Waals surface area contributed by atoms with Gasteiger partial charge in [0.1, 0.15) is 17.8 Å². The van der Waals surface area contributed by atoms with Crippen LogP contribution in [-0.4, -0.2) is 19.7 Å². The summed E-state index contributed by atoms with van der Waals surface area (Å²) in [7, 11) is 0. The zero-order valence-electron chi connectivity index (χ0n) is 20.8. The summed E-state index contributed by atoms with van der Waals surface area (Å²) in [5, 5.41) is 8.39. The third-order valence-electron chi connectivity index (χ3n) is 6.14. The standard InChI is InChI=1S/C27H27N5.C2H6/c1-5-20-9-11-21(12-10-20)22-13-14-23-16-31(19(4)24(23)15-22)26-8-6-7-25(29-26)27-30-28-17-32(27)18(2)3;1-2/h6-15,17-18H,4-5,16H2,1-3H3;1-2H3. The van der Waals surface area contributed by atoms with Crippen molar-refractivity contribution >= 4 is 11.5 Å². The molecule has 0 saturated heterocycles. The van der Waals surface area contributed by atoms with Gasteiger partial charge in [-0.3, -0.25) is 0 Å². The van der Waals surface area contributed by atoms with E-state index in [1.165, 1.54) is 27.8 Å². The first kappa shape index (κ1) is 23.4. The molecule has 2 aromatic carbocycles. The number of anilines is 1. The van der Waals surface area contributed by atoms with E-state index in [-0.39, 0.29) is 6.04 Å². The lowest BCUT2D eigenvalue weighted by Crippen LogP contribution is -2.15. The molecule has 3 heterocycles. The third-order valence-corrected chi connectivity index (χ3v) is 6.14. The summed E-state index contributed by atoms with van der Waals surface area (Å²) in [5.41, 5.74) is 8.02. The van der Waals surface area contributed by atoms with E-state index in [2.05, 4.69) is 84.9 Å². The molecule has 0 saturated carbocycles. The van der Waals surface area contributed by atoms with E-state index >= 15 is 0 Å². The molecule has 0 bridgehead atoms. The highest BCUT2D eigenvalue weighted by atomic mass is 15.3. The van der Waals surface area contributed by atoms with Crippen LogP contribution >= 0.6 is 0 Å². The lowest BCUT2D eigenvalue weighted by molar-refractivity contribution is 0.603. The van der Waals surface area contributed by atoms with Crippen LogP contribution in [-0.2, 0) is 13.0 Å². The van der Waals surface area contributed by atoms with Crippen molar-refractivity contribution in [2.75, 3.05) is 4.90 Å². The van der Waals surface area contributed by atoms with Crippen LogP contribution in [0.25, 0.3) is 28.3 Å². The predicted molar refractivity (Wildman–Crippen MR) is 141 cm³/mol. The molecular formula is C29H33N5. The van der Waals surface area contributed by atoms with Crippen molar-refractivity contribution in [3.05, 3.63) is 90.3 Å². The molecule has 174 valence electrons. The quantitative estimate of drug-likeness (QED) is 0.323. The van der Waals surface area contributed by atoms with Gasteiger partial charge in [0.2, 0.25) is 0 Å². The van der Waals surface area contributed by atoms with Crippen molar-refractivity contribution < 1.29 is 0 Å². The van der Waals surface area contributed by atoms with Crippen LogP contribution in [0.15, 0.2) is 73.6 Å². The Morgan fingerprint density at radius 3 is 2.41 bits per heavy atom. The Morgan fingerprint density at radius 2 is 1.71 bits per heavy atom. The van der Waals surface area contributed by atoms with Gasteiger partial charge in [-0.1, -0.05) is 69.8 Å². The normalized spacial score (nSPS) is 12.5. The Morgan fingerprint density at radius 1 is 0.971 bits per heavy atom. The van der Waals surface area contributed by atoms with Crippen LogP contribution < -0.4 is 4.90 Å². The molecule has 4 aromatic rings. The number of pyridine rings is 1. The van der Waals surface area contributed by atoms with Crippen LogP contribution in [0, 0.1) is 0 Å². The number of hydrogen-bond acceptors (Lipinski definition) is 4. The molecule has 0 N–H and O–H groups in total. The number of aryl methyl sites for hydroxylation is 1. The minimum Gasteiger partial charge on any atom is -0.322 e. The minimum absolute atomic E-state index is 0.265. The first-order valence-electron chi connectivity index (χ1n) is 12.1. The number of benzene rings is 2. The van der Waals surface area contributed by atoms with Crippen LogP contribution in [0.5, 0.6) is 0 Å². The zero-order chi connectivity index (χ0) is 24.2. The van der Waals surface area contributed by atoms with Crippen LogP contribution in [0.4, 0.5) is 5.82 Å². The maximum Gasteiger partial charge on any atom is 0.182 e. The van der Waals surface area contributed by atoms with E-state index in [9.17, 15) is 0 Å². The van der Waals surface area contributed by atoms with Gasteiger partial charge in [0.25, 0.3) is 0 Å². The van der Waals surface area contributed by atoms with Gasteiger partial charge in [-0.2, -0.15) is 0 Å². The summed E-state index contributed by atoms with van der Waals surface area (Å²) in [5.74, 6) is 1.65. The average molecular weight is 452 g/mol. The predicted octanol–water partition coefficient (Wildman–Crippen LogP) is 7.17. The maximum absolute atomic E-state index is 4.92. The maximum atomic E-state index is 4.92.